The van der Waals surface area contributed by atoms with Gasteiger partial charge >= 0.3 is 17.9 Å². The quantitative estimate of drug-likeness (QED) is 0.0344. The summed E-state index contributed by atoms with van der Waals surface area (Å²) in [5.41, 5.74) is 0. The Bertz CT molecular complexity index is 964. The molecule has 0 fully saturated rings. The maximum Gasteiger partial charge on any atom is 0.306 e. The molecule has 0 bridgehead atoms. The number of hydrogen-bond acceptors (Lipinski definition) is 6. The van der Waals surface area contributed by atoms with Crippen LogP contribution in [0.4, 0.5) is 0 Å². The van der Waals surface area contributed by atoms with Gasteiger partial charge in [0.25, 0.3) is 0 Å². The van der Waals surface area contributed by atoms with Crippen LogP contribution in [0.25, 0.3) is 0 Å². The zero-order valence-corrected chi connectivity index (χ0v) is 43.2. The lowest BCUT2D eigenvalue weighted by molar-refractivity contribution is -0.167. The van der Waals surface area contributed by atoms with Crippen molar-refractivity contribution in [1.29, 1.82) is 0 Å². The molecule has 374 valence electrons. The van der Waals surface area contributed by atoms with E-state index in [1.807, 2.05) is 0 Å². The molecule has 0 radical (unpaired) electrons. The van der Waals surface area contributed by atoms with Crippen molar-refractivity contribution < 1.29 is 28.6 Å². The standard InChI is InChI=1S/C57H110O6/c1-6-8-9-10-11-12-13-14-15-16-19-22-25-28-31-37-42-47-55(58)61-50-54(51-62-56(59)48-43-38-34-33-36-41-46-53(5)7-2)63-57(60)49-44-39-32-29-26-23-20-17-18-21-24-27-30-35-40-45-52(3)4/h52-54H,6-51H2,1-5H3/t53?,54-/m0/s1. The van der Waals surface area contributed by atoms with Crippen molar-refractivity contribution >= 4 is 17.9 Å². The second-order valence-electron chi connectivity index (χ2n) is 20.3. The van der Waals surface area contributed by atoms with Crippen LogP contribution >= 0.6 is 0 Å². The number of rotatable bonds is 51. The monoisotopic (exact) mass is 891 g/mol. The fourth-order valence-corrected chi connectivity index (χ4v) is 8.66. The Morgan fingerprint density at radius 2 is 0.603 bits per heavy atom. The largest absolute Gasteiger partial charge is 0.462 e. The van der Waals surface area contributed by atoms with Gasteiger partial charge in [0.05, 0.1) is 0 Å². The number of carbonyl (C=O) groups excluding carboxylic acids is 3. The van der Waals surface area contributed by atoms with E-state index in [0.29, 0.717) is 19.3 Å². The Kier molecular flexibility index (Phi) is 48.6. The minimum absolute atomic E-state index is 0.0636. The number of unbranched alkanes of at least 4 members (excludes halogenated alkanes) is 35. The third-order valence-electron chi connectivity index (χ3n) is 13.3. The molecular weight excluding hydrogens is 781 g/mol. The van der Waals surface area contributed by atoms with Crippen molar-refractivity contribution in [3.63, 3.8) is 0 Å². The van der Waals surface area contributed by atoms with Gasteiger partial charge in [-0.1, -0.05) is 279 Å². The van der Waals surface area contributed by atoms with E-state index in [9.17, 15) is 14.4 Å². The van der Waals surface area contributed by atoms with Crippen molar-refractivity contribution in [3.8, 4) is 0 Å². The van der Waals surface area contributed by atoms with E-state index in [1.165, 1.54) is 205 Å². The van der Waals surface area contributed by atoms with Gasteiger partial charge in [-0.3, -0.25) is 14.4 Å². The summed E-state index contributed by atoms with van der Waals surface area (Å²) in [6.07, 6.45) is 52.4. The minimum Gasteiger partial charge on any atom is -0.462 e. The van der Waals surface area contributed by atoms with Gasteiger partial charge in [-0.25, -0.2) is 0 Å². The Hall–Kier alpha value is -1.59. The molecule has 0 aliphatic rings. The highest BCUT2D eigenvalue weighted by molar-refractivity contribution is 5.71. The Morgan fingerprint density at radius 3 is 0.905 bits per heavy atom. The number of ether oxygens (including phenoxy) is 3. The zero-order chi connectivity index (χ0) is 46.1. The Morgan fingerprint density at radius 1 is 0.333 bits per heavy atom. The van der Waals surface area contributed by atoms with E-state index in [0.717, 1.165) is 69.6 Å². The second kappa shape index (κ2) is 49.8. The molecule has 6 heteroatoms. The van der Waals surface area contributed by atoms with Crippen molar-refractivity contribution in [2.24, 2.45) is 11.8 Å². The first-order valence-electron chi connectivity index (χ1n) is 28.3. The summed E-state index contributed by atoms with van der Waals surface area (Å²) < 4.78 is 16.9. The summed E-state index contributed by atoms with van der Waals surface area (Å²) in [6.45, 7) is 11.4. The smallest absolute Gasteiger partial charge is 0.306 e. The summed E-state index contributed by atoms with van der Waals surface area (Å²) in [5.74, 6) is 0.817. The van der Waals surface area contributed by atoms with Gasteiger partial charge in [0.1, 0.15) is 13.2 Å². The molecule has 0 aromatic heterocycles. The molecule has 0 aromatic rings. The predicted octanol–water partition coefficient (Wildman–Crippen LogP) is 18.5. The molecule has 0 spiro atoms. The third kappa shape index (κ3) is 49.7. The van der Waals surface area contributed by atoms with Crippen LogP contribution in [-0.2, 0) is 28.6 Å². The first-order valence-corrected chi connectivity index (χ1v) is 28.3. The van der Waals surface area contributed by atoms with Gasteiger partial charge in [-0.05, 0) is 31.1 Å². The fraction of sp³-hybridized carbons (Fsp3) is 0.947. The van der Waals surface area contributed by atoms with Crippen molar-refractivity contribution in [2.45, 2.75) is 323 Å². The molecule has 0 saturated carbocycles. The van der Waals surface area contributed by atoms with E-state index in [2.05, 4.69) is 34.6 Å². The number of esters is 3. The van der Waals surface area contributed by atoms with Crippen LogP contribution in [0, 0.1) is 11.8 Å². The molecular formula is C57H110O6. The molecule has 0 saturated heterocycles. The molecule has 6 nitrogen and oxygen atoms in total. The maximum atomic E-state index is 12.8. The van der Waals surface area contributed by atoms with Gasteiger partial charge in [0.15, 0.2) is 6.10 Å². The first kappa shape index (κ1) is 61.4. The van der Waals surface area contributed by atoms with E-state index < -0.39 is 6.10 Å². The maximum absolute atomic E-state index is 12.8. The Balaban J connectivity index is 4.26. The molecule has 0 heterocycles. The molecule has 0 aliphatic carbocycles. The summed E-state index contributed by atoms with van der Waals surface area (Å²) in [7, 11) is 0. The summed E-state index contributed by atoms with van der Waals surface area (Å²) in [6, 6.07) is 0. The van der Waals surface area contributed by atoms with Crippen molar-refractivity contribution in [1.82, 2.24) is 0 Å². The first-order chi connectivity index (χ1) is 30.8. The molecule has 0 amide bonds. The van der Waals surface area contributed by atoms with E-state index in [4.69, 9.17) is 14.2 Å². The topological polar surface area (TPSA) is 78.9 Å². The van der Waals surface area contributed by atoms with Gasteiger partial charge in [-0.2, -0.15) is 0 Å². The average Bonchev–Trinajstić information content (AvgIpc) is 3.27. The molecule has 0 N–H and O–H groups in total. The van der Waals surface area contributed by atoms with E-state index in [-0.39, 0.29) is 31.1 Å². The van der Waals surface area contributed by atoms with Crippen LogP contribution in [0.5, 0.6) is 0 Å². The van der Waals surface area contributed by atoms with Crippen LogP contribution in [0.2, 0.25) is 0 Å². The highest BCUT2D eigenvalue weighted by atomic mass is 16.6. The lowest BCUT2D eigenvalue weighted by Gasteiger charge is -2.18. The molecule has 1 unspecified atom stereocenters. The highest BCUT2D eigenvalue weighted by Crippen LogP contribution is 2.18. The summed E-state index contributed by atoms with van der Waals surface area (Å²) in [5, 5.41) is 0. The normalized spacial score (nSPS) is 12.5. The van der Waals surface area contributed by atoms with Gasteiger partial charge in [-0.15, -0.1) is 0 Å². The van der Waals surface area contributed by atoms with E-state index >= 15 is 0 Å². The zero-order valence-electron chi connectivity index (χ0n) is 43.2. The van der Waals surface area contributed by atoms with Crippen LogP contribution in [0.1, 0.15) is 317 Å². The number of hydrogen-bond donors (Lipinski definition) is 0. The predicted molar refractivity (Wildman–Crippen MR) is 270 cm³/mol. The molecule has 63 heavy (non-hydrogen) atoms. The average molecular weight is 892 g/mol. The fourth-order valence-electron chi connectivity index (χ4n) is 8.66. The van der Waals surface area contributed by atoms with Crippen LogP contribution in [0.3, 0.4) is 0 Å². The SMILES string of the molecule is CCCCCCCCCCCCCCCCCCCC(=O)OC[C@@H](COC(=O)CCCCCCCCC(C)CC)OC(=O)CCCCCCCCCCCCCCCCCC(C)C. The number of carbonyl (C=O) groups is 3. The van der Waals surface area contributed by atoms with E-state index in [1.54, 1.807) is 0 Å². The van der Waals surface area contributed by atoms with Gasteiger partial charge in [0, 0.05) is 19.3 Å². The molecule has 0 aromatic carbocycles. The summed E-state index contributed by atoms with van der Waals surface area (Å²) in [4.78, 5) is 38.0. The lowest BCUT2D eigenvalue weighted by Crippen LogP contribution is -2.30. The second-order valence-corrected chi connectivity index (χ2v) is 20.3. The Labute approximate surface area is 393 Å². The molecule has 2 atom stereocenters. The highest BCUT2D eigenvalue weighted by Gasteiger charge is 2.19. The lowest BCUT2D eigenvalue weighted by atomic mass is 10.00. The van der Waals surface area contributed by atoms with Crippen LogP contribution in [-0.4, -0.2) is 37.2 Å². The van der Waals surface area contributed by atoms with Crippen LogP contribution < -0.4 is 0 Å². The molecule has 0 aliphatic heterocycles. The van der Waals surface area contributed by atoms with Crippen molar-refractivity contribution in [3.05, 3.63) is 0 Å². The molecule has 0 rings (SSSR count). The third-order valence-corrected chi connectivity index (χ3v) is 13.3. The van der Waals surface area contributed by atoms with Gasteiger partial charge in [0.2, 0.25) is 0 Å². The van der Waals surface area contributed by atoms with Crippen LogP contribution in [0.15, 0.2) is 0 Å². The van der Waals surface area contributed by atoms with Crippen molar-refractivity contribution in [2.75, 3.05) is 13.2 Å². The minimum atomic E-state index is -0.763. The van der Waals surface area contributed by atoms with Gasteiger partial charge < -0.3 is 14.2 Å². The summed E-state index contributed by atoms with van der Waals surface area (Å²) >= 11 is 0.